The summed E-state index contributed by atoms with van der Waals surface area (Å²) in [4.78, 5) is 25.8. The van der Waals surface area contributed by atoms with Gasteiger partial charge < -0.3 is 20.1 Å². The van der Waals surface area contributed by atoms with Gasteiger partial charge in [-0.25, -0.2) is 13.2 Å². The molecule has 4 aliphatic rings. The Kier molecular flexibility index (Phi) is 12.9. The van der Waals surface area contributed by atoms with E-state index in [9.17, 15) is 23.1 Å². The third-order valence-corrected chi connectivity index (χ3v) is 10.8. The van der Waals surface area contributed by atoms with E-state index in [1.807, 2.05) is 27.7 Å². The predicted octanol–water partition coefficient (Wildman–Crippen LogP) is 9.83. The number of likely N-dealkylation sites (tertiary alicyclic amines) is 1. The molecule has 2 heterocycles. The number of carbonyl (C=O) groups is 1. The van der Waals surface area contributed by atoms with Crippen LogP contribution in [0.1, 0.15) is 122 Å². The number of hydrogen-bond acceptors (Lipinski definition) is 6. The second-order valence-electron chi connectivity index (χ2n) is 14.7. The van der Waals surface area contributed by atoms with Gasteiger partial charge in [0.2, 0.25) is 11.6 Å². The summed E-state index contributed by atoms with van der Waals surface area (Å²) in [7, 11) is 0. The molecule has 49 heavy (non-hydrogen) atoms. The monoisotopic (exact) mass is 690 g/mol. The van der Waals surface area contributed by atoms with E-state index in [-0.39, 0.29) is 30.3 Å². The summed E-state index contributed by atoms with van der Waals surface area (Å²) in [6.45, 7) is 16.7. The maximum atomic E-state index is 14.5. The number of benzene rings is 2. The first kappa shape index (κ1) is 39.1. The molecule has 6 atom stereocenters. The van der Waals surface area contributed by atoms with Crippen LogP contribution < -0.4 is 5.32 Å². The Bertz CT molecular complexity index is 1440. The first-order chi connectivity index (χ1) is 23.2. The Morgan fingerprint density at radius 1 is 1.06 bits per heavy atom. The van der Waals surface area contributed by atoms with Gasteiger partial charge in [0.15, 0.2) is 11.6 Å². The zero-order valence-electron chi connectivity index (χ0n) is 30.6. The maximum Gasteiger partial charge on any atom is 0.256 e. The number of carbonyl (C=O) groups excluding carboxylic acids is 1. The molecule has 2 N–H and O–H groups in total. The van der Waals surface area contributed by atoms with Gasteiger partial charge in [0.1, 0.15) is 11.4 Å². The third kappa shape index (κ3) is 8.46. The number of nitrogens with one attached hydrogen (secondary N) is 1. The molecule has 10 heteroatoms. The lowest BCUT2D eigenvalue weighted by molar-refractivity contribution is -0.360. The smallest absolute Gasteiger partial charge is 0.256 e. The number of β-amino-alcohol motifs (C(OH)–C–C–N with tert-alkyl or cyclic N) is 1. The van der Waals surface area contributed by atoms with Gasteiger partial charge in [0.25, 0.3) is 5.91 Å². The Hall–Kier alpha value is -2.66. The number of ether oxygens (including phenoxy) is 1. The second-order valence-corrected chi connectivity index (χ2v) is 14.7. The van der Waals surface area contributed by atoms with E-state index >= 15 is 0 Å². The largest absolute Gasteiger partial charge is 0.386 e. The van der Waals surface area contributed by atoms with Crippen molar-refractivity contribution in [1.29, 1.82) is 0 Å². The highest BCUT2D eigenvalue weighted by molar-refractivity contribution is 6.01. The van der Waals surface area contributed by atoms with Gasteiger partial charge in [0.05, 0.1) is 30.0 Å². The van der Waals surface area contributed by atoms with E-state index < -0.39 is 46.2 Å². The number of anilines is 2. The Balaban J connectivity index is 0.000000231. The maximum absolute atomic E-state index is 14.5. The molecule has 274 valence electrons. The van der Waals surface area contributed by atoms with E-state index in [2.05, 4.69) is 26.1 Å². The Labute approximate surface area is 290 Å². The topological polar surface area (TPSA) is 80.3 Å². The summed E-state index contributed by atoms with van der Waals surface area (Å²) >= 11 is 0. The molecule has 2 aromatic rings. The van der Waals surface area contributed by atoms with E-state index in [0.29, 0.717) is 17.4 Å². The zero-order chi connectivity index (χ0) is 36.1. The number of nitrogens with zero attached hydrogens (tertiary/aromatic N) is 1. The molecule has 7 nitrogen and oxygen atoms in total. The van der Waals surface area contributed by atoms with Crippen molar-refractivity contribution in [1.82, 2.24) is 4.90 Å². The number of rotatable bonds is 7. The summed E-state index contributed by atoms with van der Waals surface area (Å²) in [6, 6.07) is 6.31. The van der Waals surface area contributed by atoms with Crippen LogP contribution in [0.4, 0.5) is 24.5 Å². The number of aliphatic hydroxyl groups is 1. The highest BCUT2D eigenvalue weighted by Gasteiger charge is 2.59. The highest BCUT2D eigenvalue weighted by atomic mass is 19.2. The molecule has 2 spiro atoms. The molecule has 2 saturated heterocycles. The Morgan fingerprint density at radius 3 is 2.39 bits per heavy atom. The van der Waals surface area contributed by atoms with Gasteiger partial charge in [-0.05, 0) is 73.8 Å². The molecule has 0 aromatic heterocycles. The highest BCUT2D eigenvalue weighted by Crippen LogP contribution is 2.54. The third-order valence-electron chi connectivity index (χ3n) is 10.8. The first-order valence-electron chi connectivity index (χ1n) is 18.3. The predicted molar refractivity (Wildman–Crippen MR) is 186 cm³/mol. The van der Waals surface area contributed by atoms with Crippen LogP contribution in [-0.2, 0) is 14.5 Å². The molecule has 0 bridgehead atoms. The van der Waals surface area contributed by atoms with Gasteiger partial charge in [0, 0.05) is 25.2 Å². The molecule has 2 aliphatic carbocycles. The van der Waals surface area contributed by atoms with Crippen LogP contribution in [0.5, 0.6) is 0 Å². The van der Waals surface area contributed by atoms with Crippen LogP contribution >= 0.6 is 0 Å². The van der Waals surface area contributed by atoms with Gasteiger partial charge in [-0.2, -0.15) is 9.78 Å². The summed E-state index contributed by atoms with van der Waals surface area (Å²) in [6.07, 6.45) is 9.59. The molecule has 2 aliphatic heterocycles. The van der Waals surface area contributed by atoms with Crippen molar-refractivity contribution >= 4 is 17.3 Å². The number of aryl methyl sites for hydroxylation is 1. The lowest BCUT2D eigenvalue weighted by Crippen LogP contribution is -2.66. The number of halogens is 3. The molecular weight excluding hydrogens is 633 g/mol. The average Bonchev–Trinajstić information content (AvgIpc) is 3.57. The standard InChI is InChI=1S/C22H25F3N2O2.C15H26O3.C2H6/c1-4-5-14(3)22(29)11-27(12-22)21(28)15-7-8-16(23)19(25)20(15)26-18-9-6-13(2)10-17(18)24;1-4-13-8-12(3)15(10-13)16-14(17-18-15)7-5-6-11(2)9-14;1-2/h6-10,14,26,29H,4-5,11-12H2,1-3H3;11-13H,4-10H2,1-3H3;1-2H3. The molecule has 6 unspecified atom stereocenters. The van der Waals surface area contributed by atoms with Crippen molar-refractivity contribution in [2.45, 2.75) is 130 Å². The molecule has 4 fully saturated rings. The van der Waals surface area contributed by atoms with Crippen molar-refractivity contribution in [2.75, 3.05) is 18.4 Å². The van der Waals surface area contributed by atoms with Crippen molar-refractivity contribution in [3.63, 3.8) is 0 Å². The van der Waals surface area contributed by atoms with Gasteiger partial charge >= 0.3 is 0 Å². The van der Waals surface area contributed by atoms with Crippen LogP contribution in [0.15, 0.2) is 30.3 Å². The second kappa shape index (κ2) is 16.1. The zero-order valence-corrected chi connectivity index (χ0v) is 30.6. The summed E-state index contributed by atoms with van der Waals surface area (Å²) in [5, 5.41) is 13.2. The minimum absolute atomic E-state index is 0.0146. The van der Waals surface area contributed by atoms with Crippen LogP contribution in [0.2, 0.25) is 0 Å². The van der Waals surface area contributed by atoms with E-state index in [0.717, 1.165) is 44.1 Å². The summed E-state index contributed by atoms with van der Waals surface area (Å²) < 4.78 is 48.9. The minimum atomic E-state index is -1.26. The quantitative estimate of drug-likeness (QED) is 0.282. The fourth-order valence-corrected chi connectivity index (χ4v) is 7.70. The molecule has 2 aromatic carbocycles. The summed E-state index contributed by atoms with van der Waals surface area (Å²) in [5.41, 5.74) is -0.916. The van der Waals surface area contributed by atoms with E-state index in [1.165, 1.54) is 48.8 Å². The van der Waals surface area contributed by atoms with Crippen molar-refractivity contribution in [2.24, 2.45) is 23.7 Å². The molecule has 0 radical (unpaired) electrons. The van der Waals surface area contributed by atoms with E-state index in [4.69, 9.17) is 14.5 Å². The van der Waals surface area contributed by atoms with Crippen LogP contribution in [0, 0.1) is 48.0 Å². The lowest BCUT2D eigenvalue weighted by Gasteiger charge is -2.50. The molecule has 6 rings (SSSR count). The van der Waals surface area contributed by atoms with Crippen LogP contribution in [0.25, 0.3) is 0 Å². The van der Waals surface area contributed by atoms with Gasteiger partial charge in [-0.3, -0.25) is 4.79 Å². The fraction of sp³-hybridized carbons (Fsp3) is 0.667. The molecule has 2 saturated carbocycles. The normalized spacial score (nSPS) is 29.1. The molecular formula is C39H57F3N2O5. The van der Waals surface area contributed by atoms with Crippen molar-refractivity contribution in [3.05, 3.63) is 58.9 Å². The van der Waals surface area contributed by atoms with Crippen LogP contribution in [0.3, 0.4) is 0 Å². The van der Waals surface area contributed by atoms with E-state index in [1.54, 1.807) is 13.0 Å². The number of hydrogen-bond donors (Lipinski definition) is 2. The molecule has 1 amide bonds. The summed E-state index contributed by atoms with van der Waals surface area (Å²) in [5.74, 6) is -2.62. The minimum Gasteiger partial charge on any atom is -0.386 e. The lowest BCUT2D eigenvalue weighted by atomic mass is 9.79. The van der Waals surface area contributed by atoms with Gasteiger partial charge in [-0.1, -0.05) is 73.8 Å². The van der Waals surface area contributed by atoms with Crippen molar-refractivity contribution in [3.8, 4) is 0 Å². The average molecular weight is 691 g/mol. The first-order valence-corrected chi connectivity index (χ1v) is 18.3. The number of amides is 1. The Morgan fingerprint density at radius 2 is 1.78 bits per heavy atom. The van der Waals surface area contributed by atoms with Crippen LogP contribution in [-0.4, -0.2) is 46.2 Å². The SMILES string of the molecule is CC.CCC1CC(C)C2(C1)OOC1(CCCC(C)C1)O2.CCCC(C)C1(O)CN(C(=O)c2ccc(F)c(F)c2Nc2ccc(C)cc2F)C1. The fourth-order valence-electron chi connectivity index (χ4n) is 7.70. The van der Waals surface area contributed by atoms with Crippen molar-refractivity contribution < 1.29 is 37.6 Å². The van der Waals surface area contributed by atoms with Gasteiger partial charge in [-0.15, -0.1) is 0 Å².